The fraction of sp³-hybridized carbons (Fsp3) is 1.00. The Hall–Kier alpha value is -0.160. The summed E-state index contributed by atoms with van der Waals surface area (Å²) in [6.07, 6.45) is 18.8. The van der Waals surface area contributed by atoms with Crippen LogP contribution >= 0.6 is 0 Å². The molecule has 2 aliphatic heterocycles. The molecule has 0 bridgehead atoms. The van der Waals surface area contributed by atoms with Crippen molar-refractivity contribution in [2.45, 2.75) is 161 Å². The lowest BCUT2D eigenvalue weighted by atomic mass is 9.56. The molecule has 0 radical (unpaired) electrons. The quantitative estimate of drug-likeness (QED) is 0.406. The van der Waals surface area contributed by atoms with Crippen molar-refractivity contribution in [3.05, 3.63) is 0 Å². The van der Waals surface area contributed by atoms with E-state index in [4.69, 9.17) is 9.47 Å². The summed E-state index contributed by atoms with van der Waals surface area (Å²) < 4.78 is 14.4. The third-order valence-electron chi connectivity index (χ3n) is 12.6. The van der Waals surface area contributed by atoms with Gasteiger partial charge in [-0.15, -0.1) is 0 Å². The Morgan fingerprint density at radius 1 is 0.541 bits per heavy atom. The standard InChI is InChI=1S/C33H56O4/c1-31(2)19-33(36-29-15-23(27(34)17-25(29)31)21-11-7-5-8-12-21)20-32(3,4)26-18-28(35)24(16-30(26)37-33)22-13-9-6-10-14-22/h21-30,34-35H,5-20H2,1-4H3. The van der Waals surface area contributed by atoms with E-state index in [1.165, 1.54) is 64.2 Å². The van der Waals surface area contributed by atoms with Crippen LogP contribution in [0.3, 0.4) is 0 Å². The van der Waals surface area contributed by atoms with Gasteiger partial charge in [0, 0.05) is 12.8 Å². The first-order valence-corrected chi connectivity index (χ1v) is 16.3. The molecule has 0 aromatic rings. The summed E-state index contributed by atoms with van der Waals surface area (Å²) in [7, 11) is 0. The largest absolute Gasteiger partial charge is 0.393 e. The zero-order valence-corrected chi connectivity index (χ0v) is 24.3. The van der Waals surface area contributed by atoms with Crippen LogP contribution in [0.4, 0.5) is 0 Å². The van der Waals surface area contributed by atoms with Gasteiger partial charge in [-0.1, -0.05) is 91.9 Å². The first-order chi connectivity index (χ1) is 17.6. The normalized spacial score (nSPS) is 48.8. The predicted molar refractivity (Wildman–Crippen MR) is 147 cm³/mol. The molecule has 4 saturated carbocycles. The van der Waals surface area contributed by atoms with Crippen LogP contribution in [0.1, 0.15) is 130 Å². The third-order valence-corrected chi connectivity index (χ3v) is 12.6. The summed E-state index contributed by atoms with van der Waals surface area (Å²) in [5.74, 6) is 2.39. The van der Waals surface area contributed by atoms with Gasteiger partial charge >= 0.3 is 0 Å². The number of ether oxygens (including phenoxy) is 2. The number of hydrogen-bond acceptors (Lipinski definition) is 4. The molecule has 2 heterocycles. The van der Waals surface area contributed by atoms with Gasteiger partial charge in [-0.3, -0.25) is 0 Å². The Morgan fingerprint density at radius 2 is 0.919 bits per heavy atom. The van der Waals surface area contributed by atoms with Crippen LogP contribution in [-0.2, 0) is 9.47 Å². The van der Waals surface area contributed by atoms with Crippen LogP contribution in [-0.4, -0.2) is 40.4 Å². The van der Waals surface area contributed by atoms with Crippen molar-refractivity contribution in [3.63, 3.8) is 0 Å². The lowest BCUT2D eigenvalue weighted by molar-refractivity contribution is -0.383. The van der Waals surface area contributed by atoms with Gasteiger partial charge in [0.15, 0.2) is 5.79 Å². The van der Waals surface area contributed by atoms with E-state index in [-0.39, 0.29) is 35.2 Å². The number of aliphatic hydroxyl groups excluding tert-OH is 2. The van der Waals surface area contributed by atoms with Gasteiger partial charge in [0.1, 0.15) is 0 Å². The van der Waals surface area contributed by atoms with E-state index in [2.05, 4.69) is 27.7 Å². The number of rotatable bonds is 2. The molecule has 4 heteroatoms. The maximum absolute atomic E-state index is 11.3. The summed E-state index contributed by atoms with van der Waals surface area (Å²) in [4.78, 5) is 0. The highest BCUT2D eigenvalue weighted by molar-refractivity contribution is 5.07. The minimum atomic E-state index is -0.520. The molecule has 8 atom stereocenters. The molecule has 2 N–H and O–H groups in total. The van der Waals surface area contributed by atoms with Gasteiger partial charge < -0.3 is 19.7 Å². The molecular formula is C33H56O4. The molecule has 4 nitrogen and oxygen atoms in total. The Kier molecular flexibility index (Phi) is 7.33. The van der Waals surface area contributed by atoms with Crippen molar-refractivity contribution in [1.82, 2.24) is 0 Å². The number of fused-ring (bicyclic) bond motifs is 2. The fourth-order valence-corrected chi connectivity index (χ4v) is 10.9. The Morgan fingerprint density at radius 3 is 1.30 bits per heavy atom. The summed E-state index contributed by atoms with van der Waals surface area (Å²) in [5.41, 5.74) is 0.169. The van der Waals surface area contributed by atoms with E-state index < -0.39 is 5.79 Å². The molecule has 0 aromatic carbocycles. The van der Waals surface area contributed by atoms with Gasteiger partial charge in [-0.2, -0.15) is 0 Å². The van der Waals surface area contributed by atoms with Crippen LogP contribution < -0.4 is 0 Å². The highest BCUT2D eigenvalue weighted by atomic mass is 16.7. The molecule has 8 unspecified atom stereocenters. The second-order valence-corrected chi connectivity index (χ2v) is 16.0. The zero-order chi connectivity index (χ0) is 26.0. The Labute approximate surface area is 226 Å². The molecule has 212 valence electrons. The molecule has 6 aliphatic rings. The Bertz CT molecular complexity index is 728. The number of hydrogen-bond donors (Lipinski definition) is 2. The van der Waals surface area contributed by atoms with E-state index in [1.54, 1.807) is 0 Å². The summed E-state index contributed by atoms with van der Waals surface area (Å²) >= 11 is 0. The molecule has 6 fully saturated rings. The molecule has 4 aliphatic carbocycles. The monoisotopic (exact) mass is 516 g/mol. The van der Waals surface area contributed by atoms with Crippen molar-refractivity contribution >= 4 is 0 Å². The second kappa shape index (κ2) is 10.0. The van der Waals surface area contributed by atoms with Crippen molar-refractivity contribution < 1.29 is 19.7 Å². The van der Waals surface area contributed by atoms with Crippen LogP contribution in [0.25, 0.3) is 0 Å². The van der Waals surface area contributed by atoms with E-state index >= 15 is 0 Å². The van der Waals surface area contributed by atoms with Crippen LogP contribution in [0.2, 0.25) is 0 Å². The van der Waals surface area contributed by atoms with E-state index in [9.17, 15) is 10.2 Å². The molecule has 6 rings (SSSR count). The van der Waals surface area contributed by atoms with Gasteiger partial charge in [-0.25, -0.2) is 0 Å². The topological polar surface area (TPSA) is 58.9 Å². The summed E-state index contributed by atoms with van der Waals surface area (Å²) in [6.45, 7) is 9.67. The van der Waals surface area contributed by atoms with E-state index in [0.29, 0.717) is 35.5 Å². The maximum Gasteiger partial charge on any atom is 0.170 e. The maximum atomic E-state index is 11.3. The van der Waals surface area contributed by atoms with Gasteiger partial charge in [-0.05, 0) is 72.0 Å². The van der Waals surface area contributed by atoms with E-state index in [1.807, 2.05) is 0 Å². The lowest BCUT2D eigenvalue weighted by Gasteiger charge is -2.63. The Balaban J connectivity index is 1.23. The average Bonchev–Trinajstić information content (AvgIpc) is 2.85. The van der Waals surface area contributed by atoms with Gasteiger partial charge in [0.25, 0.3) is 0 Å². The molecule has 0 amide bonds. The van der Waals surface area contributed by atoms with Crippen LogP contribution in [0.15, 0.2) is 0 Å². The van der Waals surface area contributed by atoms with Gasteiger partial charge in [0.2, 0.25) is 0 Å². The second-order valence-electron chi connectivity index (χ2n) is 16.0. The molecular weight excluding hydrogens is 460 g/mol. The number of aliphatic hydroxyl groups is 2. The lowest BCUT2D eigenvalue weighted by Crippen LogP contribution is -2.64. The van der Waals surface area contributed by atoms with E-state index in [0.717, 1.165) is 38.5 Å². The minimum Gasteiger partial charge on any atom is -0.393 e. The smallest absolute Gasteiger partial charge is 0.170 e. The summed E-state index contributed by atoms with van der Waals surface area (Å²) in [6, 6.07) is 0. The van der Waals surface area contributed by atoms with Crippen LogP contribution in [0, 0.1) is 46.3 Å². The van der Waals surface area contributed by atoms with Crippen molar-refractivity contribution in [2.75, 3.05) is 0 Å². The molecule has 2 saturated heterocycles. The van der Waals surface area contributed by atoms with Crippen LogP contribution in [0.5, 0.6) is 0 Å². The third kappa shape index (κ3) is 5.08. The van der Waals surface area contributed by atoms with Crippen molar-refractivity contribution in [3.8, 4) is 0 Å². The van der Waals surface area contributed by atoms with Crippen molar-refractivity contribution in [1.29, 1.82) is 0 Å². The zero-order valence-electron chi connectivity index (χ0n) is 24.3. The first-order valence-electron chi connectivity index (χ1n) is 16.3. The predicted octanol–water partition coefficient (Wildman–Crippen LogP) is 7.25. The van der Waals surface area contributed by atoms with Gasteiger partial charge in [0.05, 0.1) is 24.4 Å². The first kappa shape index (κ1) is 27.0. The highest BCUT2D eigenvalue weighted by Gasteiger charge is 2.62. The molecule has 1 spiro atoms. The fourth-order valence-electron chi connectivity index (χ4n) is 10.9. The minimum absolute atomic E-state index is 0.0846. The summed E-state index contributed by atoms with van der Waals surface area (Å²) in [5, 5.41) is 22.6. The molecule has 37 heavy (non-hydrogen) atoms. The average molecular weight is 517 g/mol. The molecule has 0 aromatic heterocycles. The highest BCUT2D eigenvalue weighted by Crippen LogP contribution is 2.61. The van der Waals surface area contributed by atoms with Crippen molar-refractivity contribution in [2.24, 2.45) is 46.3 Å². The SMILES string of the molecule is CC1(C)CC2(CC(C)(C)C3CC(O)C(C4CCCCC4)CC3O2)OC2CC(C3CCCCC3)C(O)CC21.